The van der Waals surface area contributed by atoms with E-state index in [0.29, 0.717) is 25.1 Å². The topological polar surface area (TPSA) is 105 Å². The largest absolute Gasteiger partial charge is 0.366 e. The van der Waals surface area contributed by atoms with Crippen LogP contribution in [-0.2, 0) is 16.1 Å². The molecule has 7 nitrogen and oxygen atoms in total. The van der Waals surface area contributed by atoms with E-state index >= 15 is 0 Å². The van der Waals surface area contributed by atoms with E-state index in [2.05, 4.69) is 10.6 Å². The molecule has 0 radical (unpaired) electrons. The van der Waals surface area contributed by atoms with E-state index in [1.807, 2.05) is 0 Å². The minimum Gasteiger partial charge on any atom is -0.366 e. The summed E-state index contributed by atoms with van der Waals surface area (Å²) >= 11 is 0. The highest BCUT2D eigenvalue weighted by atomic mass is 16.2. The maximum absolute atomic E-state index is 12.4. The van der Waals surface area contributed by atoms with Crippen LogP contribution in [-0.4, -0.2) is 47.8 Å². The molecule has 128 valence electrons. The number of benzene rings is 1. The molecule has 1 aromatic rings. The van der Waals surface area contributed by atoms with Gasteiger partial charge in [0.15, 0.2) is 0 Å². The second kappa shape index (κ2) is 7.00. The van der Waals surface area contributed by atoms with Gasteiger partial charge in [0.1, 0.15) is 6.04 Å². The van der Waals surface area contributed by atoms with Gasteiger partial charge in [-0.25, -0.2) is 0 Å². The van der Waals surface area contributed by atoms with E-state index in [1.54, 1.807) is 29.2 Å². The first-order chi connectivity index (χ1) is 11.6. The van der Waals surface area contributed by atoms with Crippen molar-refractivity contribution in [3.05, 3.63) is 35.4 Å². The van der Waals surface area contributed by atoms with Crippen LogP contribution in [0.5, 0.6) is 0 Å². The van der Waals surface area contributed by atoms with Gasteiger partial charge in [0, 0.05) is 18.7 Å². The molecular formula is C17H22N4O3. The second-order valence-corrected chi connectivity index (χ2v) is 6.26. The van der Waals surface area contributed by atoms with Crippen LogP contribution in [0.3, 0.4) is 0 Å². The first-order valence-electron chi connectivity index (χ1n) is 8.26. The number of hydrogen-bond acceptors (Lipinski definition) is 4. The molecule has 2 heterocycles. The normalized spacial score (nSPS) is 22.8. The van der Waals surface area contributed by atoms with Crippen molar-refractivity contribution in [3.63, 3.8) is 0 Å². The molecule has 0 saturated carbocycles. The molecule has 24 heavy (non-hydrogen) atoms. The molecule has 4 N–H and O–H groups in total. The lowest BCUT2D eigenvalue weighted by Crippen LogP contribution is -2.61. The Labute approximate surface area is 140 Å². The molecule has 2 aliphatic rings. The third-order valence-corrected chi connectivity index (χ3v) is 4.67. The molecule has 2 aliphatic heterocycles. The summed E-state index contributed by atoms with van der Waals surface area (Å²) < 4.78 is 0. The summed E-state index contributed by atoms with van der Waals surface area (Å²) in [6.45, 7) is 1.86. The van der Waals surface area contributed by atoms with E-state index < -0.39 is 5.91 Å². The number of carbonyl (C=O) groups excluding carboxylic acids is 3. The predicted molar refractivity (Wildman–Crippen MR) is 87.9 cm³/mol. The molecule has 2 atom stereocenters. The zero-order valence-corrected chi connectivity index (χ0v) is 13.5. The number of nitrogens with two attached hydrogens (primary N) is 1. The summed E-state index contributed by atoms with van der Waals surface area (Å²) in [5.41, 5.74) is 6.51. The van der Waals surface area contributed by atoms with Crippen LogP contribution < -0.4 is 16.4 Å². The SMILES string of the molecule is NC(=O)c1ccc(CNC(=O)[C@@H]2CCN2C(=O)[C@H]2CCCN2)cc1. The van der Waals surface area contributed by atoms with Gasteiger partial charge in [0.2, 0.25) is 17.7 Å². The van der Waals surface area contributed by atoms with Crippen LogP contribution in [0, 0.1) is 0 Å². The number of rotatable bonds is 5. The Morgan fingerprint density at radius 1 is 1.21 bits per heavy atom. The van der Waals surface area contributed by atoms with Crippen molar-refractivity contribution in [2.45, 2.75) is 37.9 Å². The van der Waals surface area contributed by atoms with Gasteiger partial charge >= 0.3 is 0 Å². The molecule has 0 spiro atoms. The minimum atomic E-state index is -0.477. The maximum atomic E-state index is 12.4. The highest BCUT2D eigenvalue weighted by Gasteiger charge is 2.40. The number of amides is 3. The van der Waals surface area contributed by atoms with Crippen LogP contribution >= 0.6 is 0 Å². The quantitative estimate of drug-likeness (QED) is 0.693. The summed E-state index contributed by atoms with van der Waals surface area (Å²) in [6.07, 6.45) is 2.54. The van der Waals surface area contributed by atoms with Crippen LogP contribution in [0.4, 0.5) is 0 Å². The van der Waals surface area contributed by atoms with Crippen molar-refractivity contribution >= 4 is 17.7 Å². The standard InChI is InChI=1S/C17H22N4O3/c18-15(22)12-5-3-11(4-6-12)10-20-16(23)14-7-9-21(14)17(24)13-2-1-8-19-13/h3-6,13-14,19H,1-2,7-10H2,(H2,18,22)(H,20,23)/t13-,14+/m1/s1. The third kappa shape index (κ3) is 3.41. The molecule has 0 unspecified atom stereocenters. The molecule has 3 amide bonds. The molecule has 7 heteroatoms. The lowest BCUT2D eigenvalue weighted by Gasteiger charge is -2.41. The van der Waals surface area contributed by atoms with Gasteiger partial charge in [0.05, 0.1) is 6.04 Å². The first-order valence-corrected chi connectivity index (χ1v) is 8.26. The summed E-state index contributed by atoms with van der Waals surface area (Å²) in [5.74, 6) is -0.578. The highest BCUT2D eigenvalue weighted by molar-refractivity contribution is 5.93. The number of carbonyl (C=O) groups is 3. The Morgan fingerprint density at radius 3 is 2.50 bits per heavy atom. The van der Waals surface area contributed by atoms with E-state index in [9.17, 15) is 14.4 Å². The lowest BCUT2D eigenvalue weighted by atomic mass is 10.00. The summed E-state index contributed by atoms with van der Waals surface area (Å²) in [5, 5.41) is 6.03. The van der Waals surface area contributed by atoms with Gasteiger partial charge in [-0.1, -0.05) is 12.1 Å². The van der Waals surface area contributed by atoms with Crippen LogP contribution in [0.2, 0.25) is 0 Å². The van der Waals surface area contributed by atoms with Gasteiger partial charge in [0.25, 0.3) is 0 Å². The van der Waals surface area contributed by atoms with Crippen molar-refractivity contribution < 1.29 is 14.4 Å². The van der Waals surface area contributed by atoms with E-state index in [4.69, 9.17) is 5.73 Å². The van der Waals surface area contributed by atoms with Crippen LogP contribution in [0.15, 0.2) is 24.3 Å². The second-order valence-electron chi connectivity index (χ2n) is 6.26. The smallest absolute Gasteiger partial charge is 0.248 e. The fraction of sp³-hybridized carbons (Fsp3) is 0.471. The molecule has 0 aliphatic carbocycles. The zero-order chi connectivity index (χ0) is 17.1. The lowest BCUT2D eigenvalue weighted by molar-refractivity contribution is -0.148. The Bertz CT molecular complexity index is 638. The molecule has 3 rings (SSSR count). The van der Waals surface area contributed by atoms with Crippen molar-refractivity contribution in [1.82, 2.24) is 15.5 Å². The molecule has 2 fully saturated rings. The van der Waals surface area contributed by atoms with Crippen LogP contribution in [0.25, 0.3) is 0 Å². The average molecular weight is 330 g/mol. The minimum absolute atomic E-state index is 0.0321. The molecule has 0 aromatic heterocycles. The summed E-state index contributed by atoms with van der Waals surface area (Å²) in [7, 11) is 0. The van der Waals surface area contributed by atoms with Gasteiger partial charge in [-0.2, -0.15) is 0 Å². The van der Waals surface area contributed by atoms with Gasteiger partial charge in [-0.05, 0) is 43.5 Å². The summed E-state index contributed by atoms with van der Waals surface area (Å²) in [4.78, 5) is 37.4. The number of nitrogens with zero attached hydrogens (tertiary/aromatic N) is 1. The van der Waals surface area contributed by atoms with E-state index in [-0.39, 0.29) is 23.9 Å². The number of primary amides is 1. The molecular weight excluding hydrogens is 308 g/mol. The zero-order valence-electron chi connectivity index (χ0n) is 13.5. The molecule has 1 aromatic carbocycles. The molecule has 2 saturated heterocycles. The summed E-state index contributed by atoms with van der Waals surface area (Å²) in [6, 6.07) is 6.27. The number of likely N-dealkylation sites (tertiary alicyclic amines) is 1. The van der Waals surface area contributed by atoms with Crippen molar-refractivity contribution in [2.75, 3.05) is 13.1 Å². The molecule has 0 bridgehead atoms. The first kappa shape index (κ1) is 16.4. The predicted octanol–water partition coefficient (Wildman–Crippen LogP) is -0.245. The highest BCUT2D eigenvalue weighted by Crippen LogP contribution is 2.21. The van der Waals surface area contributed by atoms with Gasteiger partial charge in [-0.15, -0.1) is 0 Å². The maximum Gasteiger partial charge on any atom is 0.248 e. The van der Waals surface area contributed by atoms with E-state index in [0.717, 1.165) is 24.9 Å². The van der Waals surface area contributed by atoms with Crippen molar-refractivity contribution in [3.8, 4) is 0 Å². The third-order valence-electron chi connectivity index (χ3n) is 4.67. The van der Waals surface area contributed by atoms with Crippen molar-refractivity contribution in [1.29, 1.82) is 0 Å². The number of nitrogens with one attached hydrogen (secondary N) is 2. The van der Waals surface area contributed by atoms with Crippen LogP contribution in [0.1, 0.15) is 35.2 Å². The Kier molecular flexibility index (Phi) is 4.80. The van der Waals surface area contributed by atoms with E-state index in [1.165, 1.54) is 0 Å². The Hall–Kier alpha value is -2.41. The monoisotopic (exact) mass is 330 g/mol. The fourth-order valence-electron chi connectivity index (χ4n) is 3.11. The Morgan fingerprint density at radius 2 is 1.96 bits per heavy atom. The number of hydrogen-bond donors (Lipinski definition) is 3. The Balaban J connectivity index is 1.51. The fourth-order valence-corrected chi connectivity index (χ4v) is 3.11. The van der Waals surface area contributed by atoms with Crippen molar-refractivity contribution in [2.24, 2.45) is 5.73 Å². The van der Waals surface area contributed by atoms with Gasteiger partial charge < -0.3 is 21.3 Å². The van der Waals surface area contributed by atoms with Gasteiger partial charge in [-0.3, -0.25) is 14.4 Å². The average Bonchev–Trinajstić information content (AvgIpc) is 3.06.